The summed E-state index contributed by atoms with van der Waals surface area (Å²) in [5.74, 6) is 2.01. The number of allylic oxidation sites excluding steroid dienone is 3. The molecule has 0 aromatic carbocycles. The van der Waals surface area contributed by atoms with Crippen LogP contribution in [0.2, 0.25) is 58.9 Å². The Hall–Kier alpha value is -0.289. The highest BCUT2D eigenvalue weighted by molar-refractivity contribution is 6.70. The Kier molecular flexibility index (Phi) is 12.0. The molecular formula is C36H68O4Si3. The van der Waals surface area contributed by atoms with Gasteiger partial charge in [-0.3, -0.25) is 0 Å². The van der Waals surface area contributed by atoms with Crippen LogP contribution < -0.4 is 0 Å². The number of hydrogen-bond acceptors (Lipinski definition) is 4. The summed E-state index contributed by atoms with van der Waals surface area (Å²) in [6.45, 7) is 33.9. The average Bonchev–Trinajstić information content (AvgIpc) is 3.17. The summed E-state index contributed by atoms with van der Waals surface area (Å²) in [4.78, 5) is 0. The quantitative estimate of drug-likeness (QED) is 0.214. The van der Waals surface area contributed by atoms with Crippen LogP contribution >= 0.6 is 0 Å². The van der Waals surface area contributed by atoms with Crippen LogP contribution in [-0.4, -0.2) is 54.0 Å². The predicted molar refractivity (Wildman–Crippen MR) is 192 cm³/mol. The minimum absolute atomic E-state index is 0.0670. The van der Waals surface area contributed by atoms with Crippen LogP contribution in [0.3, 0.4) is 0 Å². The van der Waals surface area contributed by atoms with Crippen molar-refractivity contribution in [1.29, 1.82) is 0 Å². The first-order valence-electron chi connectivity index (χ1n) is 17.3. The first-order valence-corrected chi connectivity index (χ1v) is 27.6. The minimum Gasteiger partial charge on any atom is -0.414 e. The Morgan fingerprint density at radius 3 is 2.14 bits per heavy atom. The zero-order valence-corrected chi connectivity index (χ0v) is 33.4. The first kappa shape index (κ1) is 37.2. The van der Waals surface area contributed by atoms with Crippen LogP contribution in [0.1, 0.15) is 85.5 Å². The van der Waals surface area contributed by atoms with Gasteiger partial charge in [0.2, 0.25) is 0 Å². The lowest BCUT2D eigenvalue weighted by Crippen LogP contribution is -2.45. The minimum atomic E-state index is -1.74. The summed E-state index contributed by atoms with van der Waals surface area (Å²) in [6, 6.07) is 0. The molecule has 0 amide bonds. The Bertz CT molecular complexity index is 1020. The molecule has 3 fully saturated rings. The van der Waals surface area contributed by atoms with E-state index in [-0.39, 0.29) is 18.3 Å². The SMILES string of the molecule is C=C1/C(=C\C=C2CCC[C@@]3(C)C2CC[C@@H]3[C@H](C)CC[C@@H](O[Si](C)(C)C)C(C)(C)O)C[C@@H](O[Si](C)(C)C)C[C@H]1O[Si](C)(C)C. The first-order chi connectivity index (χ1) is 19.5. The third kappa shape index (κ3) is 10.6. The van der Waals surface area contributed by atoms with E-state index in [1.807, 2.05) is 13.8 Å². The van der Waals surface area contributed by atoms with Gasteiger partial charge in [0.15, 0.2) is 25.0 Å². The van der Waals surface area contributed by atoms with E-state index in [0.717, 1.165) is 31.6 Å². The highest BCUT2D eigenvalue weighted by atomic mass is 28.4. The lowest BCUT2D eigenvalue weighted by molar-refractivity contribution is -0.0457. The van der Waals surface area contributed by atoms with Crippen LogP contribution in [0.5, 0.6) is 0 Å². The van der Waals surface area contributed by atoms with E-state index in [2.05, 4.69) is 91.5 Å². The van der Waals surface area contributed by atoms with Crippen molar-refractivity contribution in [2.75, 3.05) is 0 Å². The molecule has 0 saturated heterocycles. The van der Waals surface area contributed by atoms with E-state index in [1.54, 1.807) is 5.57 Å². The van der Waals surface area contributed by atoms with Crippen LogP contribution in [0, 0.1) is 23.2 Å². The molecular weight excluding hydrogens is 581 g/mol. The lowest BCUT2D eigenvalue weighted by atomic mass is 9.60. The van der Waals surface area contributed by atoms with Crippen molar-refractivity contribution < 1.29 is 18.4 Å². The largest absolute Gasteiger partial charge is 0.414 e. The van der Waals surface area contributed by atoms with Crippen LogP contribution in [0.25, 0.3) is 0 Å². The van der Waals surface area contributed by atoms with Gasteiger partial charge in [-0.15, -0.1) is 0 Å². The van der Waals surface area contributed by atoms with Gasteiger partial charge in [-0.2, -0.15) is 0 Å². The lowest BCUT2D eigenvalue weighted by Gasteiger charge is -2.45. The number of rotatable bonds is 12. The van der Waals surface area contributed by atoms with Crippen molar-refractivity contribution in [1.82, 2.24) is 0 Å². The van der Waals surface area contributed by atoms with E-state index in [4.69, 9.17) is 13.3 Å². The highest BCUT2D eigenvalue weighted by Gasteiger charge is 2.50. The third-order valence-electron chi connectivity index (χ3n) is 10.1. The van der Waals surface area contributed by atoms with Gasteiger partial charge in [0, 0.05) is 6.42 Å². The molecule has 1 N–H and O–H groups in total. The zero-order valence-electron chi connectivity index (χ0n) is 30.4. The second-order valence-electron chi connectivity index (χ2n) is 18.0. The molecule has 0 aliphatic heterocycles. The molecule has 0 aromatic rings. The van der Waals surface area contributed by atoms with Gasteiger partial charge in [0.25, 0.3) is 0 Å². The van der Waals surface area contributed by atoms with E-state index in [0.29, 0.717) is 17.3 Å². The molecule has 0 heterocycles. The Labute approximate surface area is 269 Å². The summed E-state index contributed by atoms with van der Waals surface area (Å²) < 4.78 is 19.8. The van der Waals surface area contributed by atoms with Gasteiger partial charge >= 0.3 is 0 Å². The normalized spacial score (nSPS) is 32.7. The molecule has 0 bridgehead atoms. The second-order valence-corrected chi connectivity index (χ2v) is 31.4. The molecule has 0 spiro atoms. The molecule has 0 aromatic heterocycles. The van der Waals surface area contributed by atoms with Crippen LogP contribution in [-0.2, 0) is 13.3 Å². The molecule has 7 atom stereocenters. The molecule has 3 saturated carbocycles. The third-order valence-corrected chi connectivity index (χ3v) is 13.2. The predicted octanol–water partition coefficient (Wildman–Crippen LogP) is 10.3. The molecule has 0 radical (unpaired) electrons. The highest BCUT2D eigenvalue weighted by Crippen LogP contribution is 2.60. The molecule has 248 valence electrons. The van der Waals surface area contributed by atoms with Gasteiger partial charge in [0.1, 0.15) is 0 Å². The fourth-order valence-corrected chi connectivity index (χ4v) is 11.9. The molecule has 3 rings (SSSR count). The summed E-state index contributed by atoms with van der Waals surface area (Å²) >= 11 is 0. The van der Waals surface area contributed by atoms with Crippen molar-refractivity contribution in [3.63, 3.8) is 0 Å². The van der Waals surface area contributed by atoms with Crippen LogP contribution in [0.15, 0.2) is 35.5 Å². The Morgan fingerprint density at radius 1 is 0.953 bits per heavy atom. The maximum Gasteiger partial charge on any atom is 0.184 e. The summed E-state index contributed by atoms with van der Waals surface area (Å²) in [7, 11) is -5.11. The summed E-state index contributed by atoms with van der Waals surface area (Å²) in [5, 5.41) is 10.9. The summed E-state index contributed by atoms with van der Waals surface area (Å²) in [6.07, 6.45) is 15.4. The topological polar surface area (TPSA) is 47.9 Å². The molecule has 7 heteroatoms. The Balaban J connectivity index is 1.78. The maximum atomic E-state index is 10.9. The molecule has 3 aliphatic rings. The molecule has 3 aliphatic carbocycles. The van der Waals surface area contributed by atoms with Crippen molar-refractivity contribution >= 4 is 25.0 Å². The van der Waals surface area contributed by atoms with Crippen molar-refractivity contribution in [3.8, 4) is 0 Å². The van der Waals surface area contributed by atoms with E-state index in [1.165, 1.54) is 43.3 Å². The van der Waals surface area contributed by atoms with E-state index >= 15 is 0 Å². The molecule has 4 nitrogen and oxygen atoms in total. The molecule has 1 unspecified atom stereocenters. The maximum absolute atomic E-state index is 10.9. The van der Waals surface area contributed by atoms with Gasteiger partial charge in [-0.05, 0) is 158 Å². The fraction of sp³-hybridized carbons (Fsp3) is 0.833. The smallest absolute Gasteiger partial charge is 0.184 e. The van der Waals surface area contributed by atoms with Gasteiger partial charge in [-0.25, -0.2) is 0 Å². The second kappa shape index (κ2) is 13.8. The van der Waals surface area contributed by atoms with Crippen molar-refractivity contribution in [3.05, 3.63) is 35.5 Å². The summed E-state index contributed by atoms with van der Waals surface area (Å²) in [5.41, 5.74) is 3.70. The monoisotopic (exact) mass is 648 g/mol. The zero-order chi connectivity index (χ0) is 32.6. The van der Waals surface area contributed by atoms with E-state index in [9.17, 15) is 5.11 Å². The number of fused-ring (bicyclic) bond motifs is 1. The van der Waals surface area contributed by atoms with Crippen molar-refractivity contribution in [2.24, 2.45) is 23.2 Å². The van der Waals surface area contributed by atoms with Gasteiger partial charge in [-0.1, -0.05) is 38.2 Å². The van der Waals surface area contributed by atoms with Gasteiger partial charge in [0.05, 0.1) is 23.9 Å². The fourth-order valence-electron chi connectivity index (χ4n) is 8.38. The van der Waals surface area contributed by atoms with Crippen molar-refractivity contribution in [2.45, 2.75) is 168 Å². The molecule has 43 heavy (non-hydrogen) atoms. The van der Waals surface area contributed by atoms with Crippen LogP contribution in [0.4, 0.5) is 0 Å². The number of hydrogen-bond donors (Lipinski definition) is 1. The van der Waals surface area contributed by atoms with Gasteiger partial charge < -0.3 is 18.4 Å². The number of aliphatic hydroxyl groups is 1. The standard InChI is InChI=1S/C36H68O4Si3/c1-26(17-22-34(35(3,4)37)40-43(12,13)14)31-20-21-32-28(16-15-23-36(31,32)5)18-19-29-24-30(38-41(6,7)8)25-33(27(29)2)39-42(9,10)11/h18-19,26,30-34,37H,2,15-17,20-25H2,1,3-14H3/b28-18?,29-19-/t26-,30-,31-,32?,33-,34-,36-/m1/s1. The average molecular weight is 649 g/mol. The Morgan fingerprint density at radius 2 is 1.58 bits per heavy atom. The van der Waals surface area contributed by atoms with E-state index < -0.39 is 30.6 Å².